The molecule has 1 amide bonds. The second-order valence-electron chi connectivity index (χ2n) is 4.52. The van der Waals surface area contributed by atoms with E-state index in [9.17, 15) is 19.2 Å². The Bertz CT molecular complexity index is 407. The number of ketones is 2. The van der Waals surface area contributed by atoms with E-state index in [0.717, 1.165) is 0 Å². The zero-order chi connectivity index (χ0) is 14.6. The highest BCUT2D eigenvalue weighted by atomic mass is 16.6. The van der Waals surface area contributed by atoms with Crippen molar-refractivity contribution in [2.75, 3.05) is 6.54 Å². The average Bonchev–Trinajstić information content (AvgIpc) is 2.52. The summed E-state index contributed by atoms with van der Waals surface area (Å²) in [6, 6.07) is 0. The first kappa shape index (κ1) is 12.7. The van der Waals surface area contributed by atoms with Gasteiger partial charge in [0, 0.05) is 20.6 Å². The molecule has 0 aromatic heterocycles. The van der Waals surface area contributed by atoms with E-state index in [0.29, 0.717) is 0 Å². The molecule has 18 heavy (non-hydrogen) atoms. The molecule has 100 valence electrons. The van der Waals surface area contributed by atoms with Gasteiger partial charge in [0.25, 0.3) is 0 Å². The third-order valence-corrected chi connectivity index (χ3v) is 2.33. The number of ether oxygens (including phenoxy) is 1. The van der Waals surface area contributed by atoms with Crippen molar-refractivity contribution >= 4 is 23.4 Å². The molecule has 1 saturated carbocycles. The van der Waals surface area contributed by atoms with Gasteiger partial charge >= 0.3 is 5.97 Å². The van der Waals surface area contributed by atoms with Gasteiger partial charge in [-0.3, -0.25) is 19.2 Å². The predicted octanol–water partition coefficient (Wildman–Crippen LogP) is -0.00750. The number of nitrogens with one attached hydrogen (secondary N) is 1. The van der Waals surface area contributed by atoms with Crippen molar-refractivity contribution in [3.05, 3.63) is 0 Å². The maximum Gasteiger partial charge on any atom is 0.326 e. The maximum atomic E-state index is 11.4. The summed E-state index contributed by atoms with van der Waals surface area (Å²) in [5, 5.41) is 2.35. The van der Waals surface area contributed by atoms with E-state index in [-0.39, 0.29) is 31.2 Å². The Kier molecular flexibility index (Phi) is 4.44. The third kappa shape index (κ3) is 4.27. The number of hydrogen-bond acceptors (Lipinski definition) is 5. The first-order valence-electron chi connectivity index (χ1n) is 6.34. The van der Waals surface area contributed by atoms with Gasteiger partial charge in [0.2, 0.25) is 12.0 Å². The summed E-state index contributed by atoms with van der Waals surface area (Å²) in [4.78, 5) is 45.3. The number of amides is 1. The Hall–Kier alpha value is -1.72. The van der Waals surface area contributed by atoms with Crippen LogP contribution in [-0.2, 0) is 23.9 Å². The second-order valence-corrected chi connectivity index (χ2v) is 4.52. The van der Waals surface area contributed by atoms with E-state index in [4.69, 9.17) is 1.37 Å². The molecular weight excluding hydrogens is 238 g/mol. The van der Waals surface area contributed by atoms with Crippen LogP contribution in [0.2, 0.25) is 0 Å². The number of esters is 1. The lowest BCUT2D eigenvalue weighted by atomic mass is 10.1. The van der Waals surface area contributed by atoms with Crippen LogP contribution in [-0.4, -0.2) is 36.1 Å². The molecule has 1 aliphatic carbocycles. The average molecular weight is 256 g/mol. The lowest BCUT2D eigenvalue weighted by Crippen LogP contribution is -2.36. The molecule has 0 spiro atoms. The summed E-state index contributed by atoms with van der Waals surface area (Å²) in [6.07, 6.45) is -2.57. The van der Waals surface area contributed by atoms with Crippen LogP contribution in [0.25, 0.3) is 0 Å². The van der Waals surface area contributed by atoms with Gasteiger partial charge in [-0.2, -0.15) is 0 Å². The molecule has 0 bridgehead atoms. The highest BCUT2D eigenvalue weighted by Crippen LogP contribution is 2.14. The zero-order valence-electron chi connectivity index (χ0n) is 11.4. The largest absolute Gasteiger partial charge is 0.445 e. The Labute approximate surface area is 106 Å². The molecule has 0 heterocycles. The summed E-state index contributed by atoms with van der Waals surface area (Å²) >= 11 is 0. The van der Waals surface area contributed by atoms with Gasteiger partial charge in [0.05, 0.1) is 0 Å². The Morgan fingerprint density at radius 3 is 2.61 bits per heavy atom. The molecule has 6 nitrogen and oxygen atoms in total. The Morgan fingerprint density at radius 1 is 1.44 bits per heavy atom. The van der Waals surface area contributed by atoms with E-state index in [1.165, 1.54) is 0 Å². The minimum absolute atomic E-state index is 0.165. The van der Waals surface area contributed by atoms with Crippen molar-refractivity contribution in [1.29, 1.82) is 0 Å². The van der Waals surface area contributed by atoms with Crippen LogP contribution >= 0.6 is 0 Å². The van der Waals surface area contributed by atoms with Crippen molar-refractivity contribution < 1.29 is 25.3 Å². The van der Waals surface area contributed by atoms with Crippen LogP contribution in [0.3, 0.4) is 0 Å². The van der Waals surface area contributed by atoms with E-state index in [1.807, 2.05) is 13.8 Å². The molecule has 6 heteroatoms. The van der Waals surface area contributed by atoms with Gasteiger partial charge < -0.3 is 10.1 Å². The monoisotopic (exact) mass is 256 g/mol. The van der Waals surface area contributed by atoms with Crippen LogP contribution in [0.1, 0.15) is 34.5 Å². The van der Waals surface area contributed by atoms with Crippen LogP contribution < -0.4 is 5.32 Å². The summed E-state index contributed by atoms with van der Waals surface area (Å²) in [5.41, 5.74) is 0. The van der Waals surface area contributed by atoms with Crippen molar-refractivity contribution in [3.8, 4) is 0 Å². The van der Waals surface area contributed by atoms with Crippen molar-refractivity contribution in [3.63, 3.8) is 0 Å². The normalized spacial score (nSPS) is 24.1. The molecule has 1 N–H and O–H groups in total. The van der Waals surface area contributed by atoms with Gasteiger partial charge in [-0.1, -0.05) is 13.8 Å². The molecule has 0 radical (unpaired) electrons. The predicted molar refractivity (Wildman–Crippen MR) is 61.6 cm³/mol. The van der Waals surface area contributed by atoms with E-state index >= 15 is 0 Å². The lowest BCUT2D eigenvalue weighted by molar-refractivity contribution is -0.157. The Balaban J connectivity index is 2.38. The fraction of sp³-hybridized carbons (Fsp3) is 0.667. The van der Waals surface area contributed by atoms with Crippen LogP contribution in [0.15, 0.2) is 0 Å². The molecule has 1 aliphatic rings. The molecule has 1 fully saturated rings. The van der Waals surface area contributed by atoms with Crippen molar-refractivity contribution in [2.45, 2.75) is 39.2 Å². The Morgan fingerprint density at radius 2 is 2.11 bits per heavy atom. The first-order chi connectivity index (χ1) is 8.81. The summed E-state index contributed by atoms with van der Waals surface area (Å²) < 4.78 is 11.9. The number of carbonyl (C=O) groups is 4. The fourth-order valence-corrected chi connectivity index (χ4v) is 1.48. The van der Waals surface area contributed by atoms with Gasteiger partial charge in [0.1, 0.15) is 6.54 Å². The maximum absolute atomic E-state index is 11.4. The summed E-state index contributed by atoms with van der Waals surface area (Å²) in [7, 11) is 0. The minimum Gasteiger partial charge on any atom is -0.445 e. The van der Waals surface area contributed by atoms with Crippen LogP contribution in [0.4, 0.5) is 0 Å². The third-order valence-electron chi connectivity index (χ3n) is 2.33. The smallest absolute Gasteiger partial charge is 0.326 e. The molecule has 0 aliphatic heterocycles. The van der Waals surface area contributed by atoms with Crippen molar-refractivity contribution in [2.24, 2.45) is 5.92 Å². The number of carbonyl (C=O) groups excluding carboxylic acids is 4. The van der Waals surface area contributed by atoms with E-state index < -0.39 is 30.0 Å². The molecule has 2 unspecified atom stereocenters. The highest BCUT2D eigenvalue weighted by Gasteiger charge is 2.35. The fourth-order valence-electron chi connectivity index (χ4n) is 1.48. The van der Waals surface area contributed by atoms with Gasteiger partial charge in [-0.25, -0.2) is 0 Å². The molecule has 0 aromatic carbocycles. The second kappa shape index (κ2) is 6.28. The highest BCUT2D eigenvalue weighted by molar-refractivity contribution is 6.12. The number of hydrogen-bond donors (Lipinski definition) is 1. The van der Waals surface area contributed by atoms with E-state index in [2.05, 4.69) is 10.1 Å². The summed E-state index contributed by atoms with van der Waals surface area (Å²) in [6.45, 7) is 3.34. The molecule has 2 atom stereocenters. The molecule has 0 aromatic rings. The first-order valence-corrected chi connectivity index (χ1v) is 5.76. The van der Waals surface area contributed by atoms with Gasteiger partial charge in [-0.05, 0) is 5.92 Å². The number of rotatable bonds is 5. The standard InChI is InChI=1S/C12H17NO5/c1-7(2)5-10(16)13-6-11(17)18-12-8(14)3-4-9(12)15/h7,12H,3-6H2,1-2H3,(H,13,16)/i3D. The lowest BCUT2D eigenvalue weighted by Gasteiger charge is -2.10. The van der Waals surface area contributed by atoms with Crippen molar-refractivity contribution in [1.82, 2.24) is 5.32 Å². The summed E-state index contributed by atoms with van der Waals surface area (Å²) in [5.74, 6) is -2.25. The minimum atomic E-state index is -1.47. The van der Waals surface area contributed by atoms with Gasteiger partial charge in [0.15, 0.2) is 11.6 Å². The van der Waals surface area contributed by atoms with Crippen LogP contribution in [0.5, 0.6) is 0 Å². The number of Topliss-reactive ketones (excluding diaryl/α,β-unsaturated/α-hetero) is 2. The topological polar surface area (TPSA) is 89.5 Å². The molecule has 0 saturated heterocycles. The van der Waals surface area contributed by atoms with E-state index in [1.54, 1.807) is 0 Å². The molecule has 1 rings (SSSR count). The SMILES string of the molecule is [2H]C1CC(=O)C(OC(=O)CNC(=O)CC(C)C)C1=O. The van der Waals surface area contributed by atoms with Crippen LogP contribution in [0, 0.1) is 5.92 Å². The van der Waals surface area contributed by atoms with Gasteiger partial charge in [-0.15, -0.1) is 0 Å². The zero-order valence-corrected chi connectivity index (χ0v) is 10.4. The quantitative estimate of drug-likeness (QED) is 0.552. The molecular formula is C12H17NO5.